The number of nitrogens with zero attached hydrogens (tertiary/aromatic N) is 2. The molecule has 0 atom stereocenters. The summed E-state index contributed by atoms with van der Waals surface area (Å²) < 4.78 is 5.83. The Hall–Kier alpha value is -2.10. The fourth-order valence-electron chi connectivity index (χ4n) is 2.23. The molecule has 3 rings (SSSR count). The highest BCUT2D eigenvalue weighted by atomic mass is 16.5. The van der Waals surface area contributed by atoms with Crippen LogP contribution in [0.2, 0.25) is 0 Å². The maximum atomic E-state index is 5.83. The van der Waals surface area contributed by atoms with Crippen LogP contribution in [-0.2, 0) is 12.8 Å². The molecule has 0 radical (unpaired) electrons. The second-order valence-electron chi connectivity index (χ2n) is 4.48. The number of nitrogens with two attached hydrogens (primary N) is 1. The molecule has 0 unspecified atom stereocenters. The maximum Gasteiger partial charge on any atom is 0.225 e. The van der Waals surface area contributed by atoms with Crippen molar-refractivity contribution < 1.29 is 4.74 Å². The molecular formula is C14H15N3O. The zero-order chi connectivity index (χ0) is 12.4. The van der Waals surface area contributed by atoms with Crippen molar-refractivity contribution >= 4 is 5.69 Å². The van der Waals surface area contributed by atoms with E-state index in [2.05, 4.69) is 9.97 Å². The highest BCUT2D eigenvalue weighted by molar-refractivity contribution is 5.43. The predicted octanol–water partition coefficient (Wildman–Crippen LogP) is 2.73. The molecular weight excluding hydrogens is 226 g/mol. The molecule has 18 heavy (non-hydrogen) atoms. The molecule has 2 aromatic rings. The molecule has 0 bridgehead atoms. The minimum absolute atomic E-state index is 0.685. The quantitative estimate of drug-likeness (QED) is 0.821. The van der Waals surface area contributed by atoms with Gasteiger partial charge in [-0.1, -0.05) is 0 Å². The number of rotatable bonds is 2. The van der Waals surface area contributed by atoms with Gasteiger partial charge in [-0.2, -0.15) is 0 Å². The van der Waals surface area contributed by atoms with E-state index in [4.69, 9.17) is 10.5 Å². The summed E-state index contributed by atoms with van der Waals surface area (Å²) in [4.78, 5) is 8.57. The summed E-state index contributed by atoms with van der Waals surface area (Å²) in [5.74, 6) is 1.44. The van der Waals surface area contributed by atoms with Crippen LogP contribution < -0.4 is 10.5 Å². The lowest BCUT2D eigenvalue weighted by molar-refractivity contribution is 0.447. The van der Waals surface area contributed by atoms with Gasteiger partial charge in [-0.25, -0.2) is 9.97 Å². The van der Waals surface area contributed by atoms with Crippen LogP contribution in [0.25, 0.3) is 0 Å². The lowest BCUT2D eigenvalue weighted by Gasteiger charge is -2.17. The van der Waals surface area contributed by atoms with Crippen molar-refractivity contribution in [1.82, 2.24) is 9.97 Å². The third kappa shape index (κ3) is 2.14. The molecule has 1 aromatic carbocycles. The minimum atomic E-state index is 0.685. The van der Waals surface area contributed by atoms with Crippen LogP contribution in [0, 0.1) is 0 Å². The SMILES string of the molecule is Nc1ccc(Oc2ncnc3c2CCCC3)cc1. The number of anilines is 1. The second kappa shape index (κ2) is 4.64. The molecule has 0 spiro atoms. The molecule has 0 amide bonds. The van der Waals surface area contributed by atoms with E-state index in [0.29, 0.717) is 5.88 Å². The first kappa shape index (κ1) is 11.0. The lowest BCUT2D eigenvalue weighted by atomic mass is 9.97. The second-order valence-corrected chi connectivity index (χ2v) is 4.48. The van der Waals surface area contributed by atoms with Gasteiger partial charge in [0.15, 0.2) is 0 Å². The molecule has 1 aromatic heterocycles. The van der Waals surface area contributed by atoms with E-state index in [1.165, 1.54) is 12.8 Å². The normalized spacial score (nSPS) is 14.0. The van der Waals surface area contributed by atoms with Gasteiger partial charge in [0.25, 0.3) is 0 Å². The van der Waals surface area contributed by atoms with E-state index in [1.54, 1.807) is 6.33 Å². The van der Waals surface area contributed by atoms with E-state index in [1.807, 2.05) is 24.3 Å². The van der Waals surface area contributed by atoms with Crippen LogP contribution in [0.5, 0.6) is 11.6 Å². The van der Waals surface area contributed by atoms with Crippen LogP contribution in [0.15, 0.2) is 30.6 Å². The number of benzene rings is 1. The maximum absolute atomic E-state index is 5.83. The number of ether oxygens (including phenoxy) is 1. The largest absolute Gasteiger partial charge is 0.439 e. The Kier molecular flexibility index (Phi) is 2.84. The number of aryl methyl sites for hydroxylation is 1. The number of hydrogen-bond acceptors (Lipinski definition) is 4. The first-order valence-electron chi connectivity index (χ1n) is 6.19. The molecule has 1 aliphatic rings. The molecule has 0 saturated heterocycles. The summed E-state index contributed by atoms with van der Waals surface area (Å²) in [7, 11) is 0. The van der Waals surface area contributed by atoms with Crippen LogP contribution in [0.4, 0.5) is 5.69 Å². The molecule has 0 aliphatic heterocycles. The Balaban J connectivity index is 1.90. The fourth-order valence-corrected chi connectivity index (χ4v) is 2.23. The molecule has 1 aliphatic carbocycles. The monoisotopic (exact) mass is 241 g/mol. The molecule has 2 N–H and O–H groups in total. The molecule has 0 saturated carbocycles. The molecule has 1 heterocycles. The van der Waals surface area contributed by atoms with E-state index < -0.39 is 0 Å². The van der Waals surface area contributed by atoms with Crippen molar-refractivity contribution in [3.05, 3.63) is 41.9 Å². The van der Waals surface area contributed by atoms with Gasteiger partial charge < -0.3 is 10.5 Å². The third-order valence-corrected chi connectivity index (χ3v) is 3.18. The van der Waals surface area contributed by atoms with Crippen molar-refractivity contribution in [3.63, 3.8) is 0 Å². The van der Waals surface area contributed by atoms with Gasteiger partial charge in [0.1, 0.15) is 12.1 Å². The summed E-state index contributed by atoms with van der Waals surface area (Å²) in [6, 6.07) is 7.35. The van der Waals surface area contributed by atoms with Gasteiger partial charge in [-0.3, -0.25) is 0 Å². The Morgan fingerprint density at radius 3 is 2.61 bits per heavy atom. The van der Waals surface area contributed by atoms with Crippen molar-refractivity contribution in [2.45, 2.75) is 25.7 Å². The first-order valence-corrected chi connectivity index (χ1v) is 6.19. The standard InChI is InChI=1S/C14H15N3O/c15-10-5-7-11(8-6-10)18-14-12-3-1-2-4-13(12)16-9-17-14/h5-9H,1-4,15H2. The minimum Gasteiger partial charge on any atom is -0.439 e. The Morgan fingerprint density at radius 1 is 1.00 bits per heavy atom. The zero-order valence-electron chi connectivity index (χ0n) is 10.1. The molecule has 92 valence electrons. The average molecular weight is 241 g/mol. The van der Waals surface area contributed by atoms with Crippen LogP contribution in [0.1, 0.15) is 24.1 Å². The topological polar surface area (TPSA) is 61.0 Å². The van der Waals surface area contributed by atoms with E-state index in [9.17, 15) is 0 Å². The summed E-state index contributed by atoms with van der Waals surface area (Å²) in [6.07, 6.45) is 5.98. The smallest absolute Gasteiger partial charge is 0.225 e. The number of nitrogen functional groups attached to an aromatic ring is 1. The van der Waals surface area contributed by atoms with Gasteiger partial charge in [0.2, 0.25) is 5.88 Å². The Labute approximate surface area is 106 Å². The van der Waals surface area contributed by atoms with Crippen molar-refractivity contribution in [2.75, 3.05) is 5.73 Å². The lowest BCUT2D eigenvalue weighted by Crippen LogP contribution is -2.08. The van der Waals surface area contributed by atoms with Crippen LogP contribution in [-0.4, -0.2) is 9.97 Å². The van der Waals surface area contributed by atoms with Gasteiger partial charge in [0, 0.05) is 11.3 Å². The van der Waals surface area contributed by atoms with E-state index in [-0.39, 0.29) is 0 Å². The van der Waals surface area contributed by atoms with Crippen LogP contribution in [0.3, 0.4) is 0 Å². The summed E-state index contributed by atoms with van der Waals surface area (Å²) >= 11 is 0. The van der Waals surface area contributed by atoms with Crippen molar-refractivity contribution in [1.29, 1.82) is 0 Å². The van der Waals surface area contributed by atoms with Gasteiger partial charge in [-0.05, 0) is 49.9 Å². The highest BCUT2D eigenvalue weighted by Crippen LogP contribution is 2.29. The Bertz CT molecular complexity index is 551. The third-order valence-electron chi connectivity index (χ3n) is 3.18. The van der Waals surface area contributed by atoms with Gasteiger partial charge >= 0.3 is 0 Å². The van der Waals surface area contributed by atoms with Crippen molar-refractivity contribution in [3.8, 4) is 11.6 Å². The van der Waals surface area contributed by atoms with Gasteiger partial charge in [0.05, 0.1) is 5.69 Å². The Morgan fingerprint density at radius 2 is 1.78 bits per heavy atom. The summed E-state index contributed by atoms with van der Waals surface area (Å²) in [5.41, 5.74) is 8.66. The van der Waals surface area contributed by atoms with Crippen molar-refractivity contribution in [2.24, 2.45) is 0 Å². The highest BCUT2D eigenvalue weighted by Gasteiger charge is 2.16. The number of hydrogen-bond donors (Lipinski definition) is 1. The molecule has 0 fully saturated rings. The zero-order valence-corrected chi connectivity index (χ0v) is 10.1. The number of aromatic nitrogens is 2. The fraction of sp³-hybridized carbons (Fsp3) is 0.286. The predicted molar refractivity (Wildman–Crippen MR) is 69.6 cm³/mol. The average Bonchev–Trinajstić information content (AvgIpc) is 2.42. The first-order chi connectivity index (χ1) is 8.83. The van der Waals surface area contributed by atoms with E-state index in [0.717, 1.165) is 35.5 Å². The summed E-state index contributed by atoms with van der Waals surface area (Å²) in [6.45, 7) is 0. The number of fused-ring (bicyclic) bond motifs is 1. The van der Waals surface area contributed by atoms with E-state index >= 15 is 0 Å². The molecule has 4 nitrogen and oxygen atoms in total. The molecule has 4 heteroatoms. The van der Waals surface area contributed by atoms with Crippen LogP contribution >= 0.6 is 0 Å². The summed E-state index contributed by atoms with van der Waals surface area (Å²) in [5, 5.41) is 0. The van der Waals surface area contributed by atoms with Gasteiger partial charge in [-0.15, -0.1) is 0 Å².